The Balaban J connectivity index is 1.48. The molecule has 0 spiro atoms. The Bertz CT molecular complexity index is 1530. The molecule has 5 aromatic rings. The number of thioether (sulfide) groups is 1. The zero-order chi connectivity index (χ0) is 20.4. The lowest BCUT2D eigenvalue weighted by Crippen LogP contribution is -2.20. The highest BCUT2D eigenvalue weighted by Crippen LogP contribution is 2.41. The van der Waals surface area contributed by atoms with Crippen LogP contribution < -0.4 is 5.56 Å². The number of nitrogens with zero attached hydrogens (tertiary/aromatic N) is 6. The number of aromatic nitrogens is 6. The van der Waals surface area contributed by atoms with E-state index < -0.39 is 0 Å². The lowest BCUT2D eigenvalue weighted by Gasteiger charge is -2.08. The Morgan fingerprint density at radius 2 is 2.03 bits per heavy atom. The van der Waals surface area contributed by atoms with Gasteiger partial charge in [0.1, 0.15) is 21.5 Å². The van der Waals surface area contributed by atoms with E-state index in [2.05, 4.69) is 15.2 Å². The first-order chi connectivity index (χ1) is 14.6. The van der Waals surface area contributed by atoms with E-state index in [0.717, 1.165) is 39.9 Å². The van der Waals surface area contributed by atoms with Gasteiger partial charge in [-0.05, 0) is 43.9 Å². The summed E-state index contributed by atoms with van der Waals surface area (Å²) in [6, 6.07) is 7.61. The minimum Gasteiger partial charge on any atom is -0.279 e. The highest BCUT2D eigenvalue weighted by atomic mass is 32.2. The summed E-state index contributed by atoms with van der Waals surface area (Å²) in [6.07, 6.45) is 3.47. The minimum absolute atomic E-state index is 0.0633. The number of para-hydroxylation sites is 1. The van der Waals surface area contributed by atoms with Gasteiger partial charge in [-0.3, -0.25) is 13.8 Å². The lowest BCUT2D eigenvalue weighted by molar-refractivity contribution is 0.857. The minimum atomic E-state index is -0.0633. The second kappa shape index (κ2) is 6.61. The van der Waals surface area contributed by atoms with Crippen molar-refractivity contribution >= 4 is 50.0 Å². The van der Waals surface area contributed by atoms with E-state index in [1.165, 1.54) is 22.2 Å². The van der Waals surface area contributed by atoms with Gasteiger partial charge < -0.3 is 0 Å². The summed E-state index contributed by atoms with van der Waals surface area (Å²) < 4.78 is 3.54. The fourth-order valence-corrected chi connectivity index (χ4v) is 6.67. The van der Waals surface area contributed by atoms with E-state index in [1.54, 1.807) is 23.4 Å². The molecule has 4 heterocycles. The van der Waals surface area contributed by atoms with Crippen LogP contribution in [0.15, 0.2) is 34.1 Å². The lowest BCUT2D eigenvalue weighted by atomic mass is 10.2. The van der Waals surface area contributed by atoms with Crippen LogP contribution in [0, 0.1) is 6.92 Å². The summed E-state index contributed by atoms with van der Waals surface area (Å²) in [7, 11) is 1.74. The zero-order valence-electron chi connectivity index (χ0n) is 16.5. The quantitative estimate of drug-likeness (QED) is 0.318. The van der Waals surface area contributed by atoms with Crippen molar-refractivity contribution in [3.05, 3.63) is 56.7 Å². The molecule has 1 aromatic carbocycles. The van der Waals surface area contributed by atoms with Crippen LogP contribution in [0.1, 0.15) is 28.5 Å². The monoisotopic (exact) mass is 434 g/mol. The Kier molecular flexibility index (Phi) is 3.97. The molecular formula is C21H18N6OS2. The van der Waals surface area contributed by atoms with Crippen LogP contribution in [0.2, 0.25) is 0 Å². The largest absolute Gasteiger partial charge is 0.279 e. The first-order valence-electron chi connectivity index (χ1n) is 9.85. The molecule has 4 aromatic heterocycles. The van der Waals surface area contributed by atoms with Gasteiger partial charge in [-0.15, -0.1) is 21.5 Å². The summed E-state index contributed by atoms with van der Waals surface area (Å²) in [5.74, 6) is 2.76. The van der Waals surface area contributed by atoms with Crippen LogP contribution in [0.3, 0.4) is 0 Å². The van der Waals surface area contributed by atoms with E-state index in [4.69, 9.17) is 4.98 Å². The zero-order valence-corrected chi connectivity index (χ0v) is 18.2. The fraction of sp³-hybridized carbons (Fsp3) is 0.286. The van der Waals surface area contributed by atoms with Crippen LogP contribution in [-0.2, 0) is 25.6 Å². The molecule has 30 heavy (non-hydrogen) atoms. The Hall–Kier alpha value is -2.78. The van der Waals surface area contributed by atoms with Crippen molar-refractivity contribution < 1.29 is 0 Å². The van der Waals surface area contributed by atoms with E-state index >= 15 is 0 Å². The number of hydrogen-bond acceptors (Lipinski definition) is 7. The van der Waals surface area contributed by atoms with Crippen molar-refractivity contribution in [3.8, 4) is 0 Å². The molecule has 1 aliphatic rings. The van der Waals surface area contributed by atoms with Gasteiger partial charge in [0, 0.05) is 17.3 Å². The van der Waals surface area contributed by atoms with E-state index in [-0.39, 0.29) is 5.56 Å². The molecule has 1 aliphatic carbocycles. The number of benzene rings is 1. The van der Waals surface area contributed by atoms with Gasteiger partial charge >= 0.3 is 0 Å². The first-order valence-corrected chi connectivity index (χ1v) is 11.7. The highest BCUT2D eigenvalue weighted by Gasteiger charge is 2.23. The predicted molar refractivity (Wildman–Crippen MR) is 119 cm³/mol. The van der Waals surface area contributed by atoms with Gasteiger partial charge in [-0.1, -0.05) is 23.9 Å². The molecule has 0 unspecified atom stereocenters. The van der Waals surface area contributed by atoms with Crippen molar-refractivity contribution in [2.24, 2.45) is 7.05 Å². The third kappa shape index (κ3) is 2.55. The van der Waals surface area contributed by atoms with Crippen LogP contribution >= 0.6 is 23.1 Å². The first kappa shape index (κ1) is 18.0. The second-order valence-corrected chi connectivity index (χ2v) is 9.58. The topological polar surface area (TPSA) is 78.0 Å². The third-order valence-electron chi connectivity index (χ3n) is 5.67. The number of aryl methyl sites for hydroxylation is 4. The molecule has 0 saturated carbocycles. The maximum atomic E-state index is 12.7. The SMILES string of the molecule is Cc1nc(SCc2nnc3n(C)c(=O)c4ccccc4n23)c2c3c(sc2n1)CCC3. The summed E-state index contributed by atoms with van der Waals surface area (Å²) in [6.45, 7) is 1.95. The van der Waals surface area contributed by atoms with E-state index in [9.17, 15) is 4.79 Å². The summed E-state index contributed by atoms with van der Waals surface area (Å²) >= 11 is 3.48. The van der Waals surface area contributed by atoms with Gasteiger partial charge in [0.15, 0.2) is 0 Å². The van der Waals surface area contributed by atoms with Crippen LogP contribution in [-0.4, -0.2) is 29.1 Å². The van der Waals surface area contributed by atoms with E-state index in [0.29, 0.717) is 16.9 Å². The smallest absolute Gasteiger partial charge is 0.262 e. The van der Waals surface area contributed by atoms with Gasteiger partial charge in [0.05, 0.1) is 16.7 Å². The molecule has 0 atom stereocenters. The normalized spacial score (nSPS) is 13.7. The maximum absolute atomic E-state index is 12.7. The molecule has 150 valence electrons. The van der Waals surface area contributed by atoms with Crippen molar-refractivity contribution in [1.29, 1.82) is 0 Å². The molecule has 0 bridgehead atoms. The van der Waals surface area contributed by atoms with Crippen molar-refractivity contribution in [3.63, 3.8) is 0 Å². The van der Waals surface area contributed by atoms with Gasteiger partial charge in [-0.25, -0.2) is 9.97 Å². The van der Waals surface area contributed by atoms with Gasteiger partial charge in [-0.2, -0.15) is 0 Å². The van der Waals surface area contributed by atoms with Crippen molar-refractivity contribution in [2.75, 3.05) is 0 Å². The Morgan fingerprint density at radius 3 is 2.93 bits per heavy atom. The number of fused-ring (bicyclic) bond motifs is 6. The molecule has 9 heteroatoms. The van der Waals surface area contributed by atoms with Crippen LogP contribution in [0.25, 0.3) is 26.9 Å². The Morgan fingerprint density at radius 1 is 1.17 bits per heavy atom. The Labute approximate surface area is 179 Å². The average Bonchev–Trinajstić information content (AvgIpc) is 3.44. The number of rotatable bonds is 3. The molecule has 6 rings (SSSR count). The molecule has 0 saturated heterocycles. The van der Waals surface area contributed by atoms with Crippen LogP contribution in [0.4, 0.5) is 0 Å². The molecule has 7 nitrogen and oxygen atoms in total. The maximum Gasteiger partial charge on any atom is 0.262 e. The van der Waals surface area contributed by atoms with Crippen molar-refractivity contribution in [2.45, 2.75) is 37.0 Å². The molecule has 0 radical (unpaired) electrons. The third-order valence-corrected chi connectivity index (χ3v) is 7.83. The molecule has 0 N–H and O–H groups in total. The van der Waals surface area contributed by atoms with Crippen LogP contribution in [0.5, 0.6) is 0 Å². The molecule has 0 aliphatic heterocycles. The molecule has 0 fully saturated rings. The van der Waals surface area contributed by atoms with Gasteiger partial charge in [0.25, 0.3) is 5.56 Å². The highest BCUT2D eigenvalue weighted by molar-refractivity contribution is 7.98. The molecule has 0 amide bonds. The standard InChI is InChI=1S/C21H18N6OS2/c1-11-22-18(17-13-7-5-9-15(13)30-19(17)23-11)29-10-16-24-25-21-26(2)20(28)12-6-3-4-8-14(12)27(16)21/h3-4,6,8H,5,7,9-10H2,1-2H3. The summed E-state index contributed by atoms with van der Waals surface area (Å²) in [5, 5.41) is 11.6. The fourth-order valence-electron chi connectivity index (χ4n) is 4.29. The number of thiophene rings is 1. The summed E-state index contributed by atoms with van der Waals surface area (Å²) in [5.41, 5.74) is 2.19. The number of hydrogen-bond donors (Lipinski definition) is 0. The average molecular weight is 435 g/mol. The molecular weight excluding hydrogens is 416 g/mol. The van der Waals surface area contributed by atoms with Gasteiger partial charge in [0.2, 0.25) is 5.78 Å². The van der Waals surface area contributed by atoms with Crippen molar-refractivity contribution in [1.82, 2.24) is 29.1 Å². The second-order valence-electron chi connectivity index (χ2n) is 7.54. The predicted octanol–water partition coefficient (Wildman–Crippen LogP) is 3.68. The summed E-state index contributed by atoms with van der Waals surface area (Å²) in [4.78, 5) is 24.7. The van der Waals surface area contributed by atoms with E-state index in [1.807, 2.05) is 46.9 Å².